The van der Waals surface area contributed by atoms with Crippen molar-refractivity contribution in [1.82, 2.24) is 4.98 Å². The molecule has 0 amide bonds. The van der Waals surface area contributed by atoms with Gasteiger partial charge in [0.2, 0.25) is 5.88 Å². The minimum absolute atomic E-state index is 0.392. The molecule has 3 nitrogen and oxygen atoms in total. The molecule has 0 saturated carbocycles. The first-order valence-electron chi connectivity index (χ1n) is 6.70. The number of aromatic nitrogens is 1. The van der Waals surface area contributed by atoms with Crippen LogP contribution in [0.25, 0.3) is 10.9 Å². The Balaban J connectivity index is 2.06. The Labute approximate surface area is 131 Å². The fraction of sp³-hybridized carbons (Fsp3) is 0.118. The number of aryl methyl sites for hydroxylation is 1. The smallest absolute Gasteiger partial charge is 0.224 e. The van der Waals surface area contributed by atoms with E-state index in [0.29, 0.717) is 12.4 Å². The first kappa shape index (κ1) is 14.0. The number of benzene rings is 2. The Morgan fingerprint density at radius 2 is 1.95 bits per heavy atom. The highest BCUT2D eigenvalue weighted by Gasteiger charge is 2.10. The molecule has 0 aliphatic heterocycles. The number of pyridine rings is 1. The Kier molecular flexibility index (Phi) is 3.90. The molecule has 0 fully saturated rings. The zero-order valence-corrected chi connectivity index (χ0v) is 13.2. The summed E-state index contributed by atoms with van der Waals surface area (Å²) in [6.07, 6.45) is 0. The van der Waals surface area contributed by atoms with Crippen LogP contribution in [0.1, 0.15) is 11.1 Å². The summed E-state index contributed by atoms with van der Waals surface area (Å²) in [4.78, 5) is 4.59. The lowest BCUT2D eigenvalue weighted by Gasteiger charge is -2.12. The number of para-hydroxylation sites is 1. The van der Waals surface area contributed by atoms with Gasteiger partial charge in [0.05, 0.1) is 5.52 Å². The van der Waals surface area contributed by atoms with Crippen LogP contribution < -0.4 is 10.5 Å². The van der Waals surface area contributed by atoms with Crippen molar-refractivity contribution in [2.45, 2.75) is 13.5 Å². The maximum absolute atomic E-state index is 5.98. The SMILES string of the molecule is Cc1cc(Br)ccc1Oc1nc2ccccc2cc1CN. The molecular weight excluding hydrogens is 328 g/mol. The van der Waals surface area contributed by atoms with Crippen LogP contribution in [-0.2, 0) is 6.54 Å². The van der Waals surface area contributed by atoms with Crippen LogP contribution in [0.15, 0.2) is 53.0 Å². The Bertz CT molecular complexity index is 802. The quantitative estimate of drug-likeness (QED) is 0.759. The fourth-order valence-electron chi connectivity index (χ4n) is 2.21. The molecule has 0 saturated heterocycles. The maximum atomic E-state index is 5.98. The molecule has 0 bridgehead atoms. The molecule has 0 atom stereocenters. The van der Waals surface area contributed by atoms with E-state index < -0.39 is 0 Å². The van der Waals surface area contributed by atoms with E-state index in [1.165, 1.54) is 0 Å². The average Bonchev–Trinajstić information content (AvgIpc) is 2.49. The van der Waals surface area contributed by atoms with Gasteiger partial charge in [-0.15, -0.1) is 0 Å². The Morgan fingerprint density at radius 3 is 2.71 bits per heavy atom. The van der Waals surface area contributed by atoms with Gasteiger partial charge < -0.3 is 10.5 Å². The minimum atomic E-state index is 0.392. The molecule has 21 heavy (non-hydrogen) atoms. The van der Waals surface area contributed by atoms with Gasteiger partial charge in [0.1, 0.15) is 5.75 Å². The van der Waals surface area contributed by atoms with Crippen LogP contribution in [0.3, 0.4) is 0 Å². The second-order valence-electron chi connectivity index (χ2n) is 4.86. The summed E-state index contributed by atoms with van der Waals surface area (Å²) in [5.74, 6) is 1.36. The van der Waals surface area contributed by atoms with Gasteiger partial charge in [0, 0.05) is 22.0 Å². The highest BCUT2D eigenvalue weighted by Crippen LogP contribution is 2.30. The summed E-state index contributed by atoms with van der Waals surface area (Å²) < 4.78 is 7.01. The monoisotopic (exact) mass is 342 g/mol. The Morgan fingerprint density at radius 1 is 1.14 bits per heavy atom. The zero-order valence-electron chi connectivity index (χ0n) is 11.6. The lowest BCUT2D eigenvalue weighted by Crippen LogP contribution is -2.02. The molecule has 1 heterocycles. The number of rotatable bonds is 3. The number of nitrogens with zero attached hydrogens (tertiary/aromatic N) is 1. The third-order valence-electron chi connectivity index (χ3n) is 3.33. The highest BCUT2D eigenvalue weighted by atomic mass is 79.9. The third-order valence-corrected chi connectivity index (χ3v) is 3.82. The van der Waals surface area contributed by atoms with E-state index in [1.54, 1.807) is 0 Å². The molecular formula is C17H15BrN2O. The number of nitrogens with two attached hydrogens (primary N) is 1. The van der Waals surface area contributed by atoms with Gasteiger partial charge in [-0.3, -0.25) is 0 Å². The van der Waals surface area contributed by atoms with E-state index in [9.17, 15) is 0 Å². The minimum Gasteiger partial charge on any atom is -0.438 e. The van der Waals surface area contributed by atoms with E-state index in [2.05, 4.69) is 20.9 Å². The van der Waals surface area contributed by atoms with Crippen LogP contribution in [-0.4, -0.2) is 4.98 Å². The van der Waals surface area contributed by atoms with Crippen LogP contribution in [0.5, 0.6) is 11.6 Å². The molecule has 1 aromatic heterocycles. The van der Waals surface area contributed by atoms with Gasteiger partial charge in [-0.05, 0) is 42.8 Å². The number of hydrogen-bond acceptors (Lipinski definition) is 3. The van der Waals surface area contributed by atoms with Gasteiger partial charge in [0.25, 0.3) is 0 Å². The van der Waals surface area contributed by atoms with Crippen LogP contribution in [0.4, 0.5) is 0 Å². The summed E-state index contributed by atoms with van der Waals surface area (Å²) in [6.45, 7) is 2.39. The standard InChI is InChI=1S/C17H15BrN2O/c1-11-8-14(18)6-7-16(11)21-17-13(10-19)9-12-4-2-3-5-15(12)20-17/h2-9H,10,19H2,1H3. The molecule has 2 N–H and O–H groups in total. The van der Waals surface area contributed by atoms with Crippen molar-refractivity contribution in [3.8, 4) is 11.6 Å². The number of ether oxygens (including phenoxy) is 1. The van der Waals surface area contributed by atoms with E-state index in [4.69, 9.17) is 10.5 Å². The molecule has 106 valence electrons. The van der Waals surface area contributed by atoms with Crippen molar-refractivity contribution >= 4 is 26.8 Å². The van der Waals surface area contributed by atoms with Crippen molar-refractivity contribution in [1.29, 1.82) is 0 Å². The predicted molar refractivity (Wildman–Crippen MR) is 88.6 cm³/mol. The van der Waals surface area contributed by atoms with Gasteiger partial charge in [-0.1, -0.05) is 34.1 Å². The van der Waals surface area contributed by atoms with E-state index in [1.807, 2.05) is 55.5 Å². The van der Waals surface area contributed by atoms with Crippen LogP contribution >= 0.6 is 15.9 Å². The second-order valence-corrected chi connectivity index (χ2v) is 5.78. The summed E-state index contributed by atoms with van der Waals surface area (Å²) >= 11 is 3.45. The van der Waals surface area contributed by atoms with E-state index in [-0.39, 0.29) is 0 Å². The highest BCUT2D eigenvalue weighted by molar-refractivity contribution is 9.10. The first-order chi connectivity index (χ1) is 10.2. The fourth-order valence-corrected chi connectivity index (χ4v) is 2.68. The summed E-state index contributed by atoms with van der Waals surface area (Å²) in [7, 11) is 0. The number of halogens is 1. The molecule has 2 aromatic carbocycles. The molecule has 0 radical (unpaired) electrons. The summed E-state index contributed by atoms with van der Waals surface area (Å²) in [5.41, 5.74) is 8.68. The molecule has 0 spiro atoms. The van der Waals surface area contributed by atoms with Crippen molar-refractivity contribution in [2.24, 2.45) is 5.73 Å². The molecule has 0 aliphatic rings. The predicted octanol–water partition coefficient (Wildman–Crippen LogP) is 4.56. The van der Waals surface area contributed by atoms with Crippen molar-refractivity contribution in [3.63, 3.8) is 0 Å². The number of hydrogen-bond donors (Lipinski definition) is 1. The molecule has 0 unspecified atom stereocenters. The van der Waals surface area contributed by atoms with Gasteiger partial charge in [-0.2, -0.15) is 0 Å². The van der Waals surface area contributed by atoms with Crippen molar-refractivity contribution in [2.75, 3.05) is 0 Å². The first-order valence-corrected chi connectivity index (χ1v) is 7.49. The summed E-state index contributed by atoms with van der Waals surface area (Å²) in [6, 6.07) is 15.9. The maximum Gasteiger partial charge on any atom is 0.224 e. The second kappa shape index (κ2) is 5.84. The van der Waals surface area contributed by atoms with Gasteiger partial charge >= 0.3 is 0 Å². The molecule has 0 aliphatic carbocycles. The average molecular weight is 343 g/mol. The molecule has 3 rings (SSSR count). The van der Waals surface area contributed by atoms with Gasteiger partial charge in [-0.25, -0.2) is 4.98 Å². The van der Waals surface area contributed by atoms with Gasteiger partial charge in [0.15, 0.2) is 0 Å². The normalized spacial score (nSPS) is 10.8. The summed E-state index contributed by atoms with van der Waals surface area (Å²) in [5, 5.41) is 1.07. The number of fused-ring (bicyclic) bond motifs is 1. The van der Waals surface area contributed by atoms with Crippen molar-refractivity contribution < 1.29 is 4.74 Å². The van der Waals surface area contributed by atoms with Crippen LogP contribution in [0.2, 0.25) is 0 Å². The van der Waals surface area contributed by atoms with Crippen molar-refractivity contribution in [3.05, 3.63) is 64.1 Å². The molecule has 3 aromatic rings. The zero-order chi connectivity index (χ0) is 14.8. The van der Waals surface area contributed by atoms with E-state index in [0.717, 1.165) is 32.3 Å². The third kappa shape index (κ3) is 2.91. The van der Waals surface area contributed by atoms with Crippen LogP contribution in [0, 0.1) is 6.92 Å². The molecule has 4 heteroatoms. The lowest BCUT2D eigenvalue weighted by molar-refractivity contribution is 0.455. The largest absolute Gasteiger partial charge is 0.438 e. The Hall–Kier alpha value is -1.91. The van der Waals surface area contributed by atoms with E-state index >= 15 is 0 Å². The lowest BCUT2D eigenvalue weighted by atomic mass is 10.1. The topological polar surface area (TPSA) is 48.1 Å².